The molecule has 3 aromatic rings. The van der Waals surface area contributed by atoms with Crippen molar-refractivity contribution in [3.63, 3.8) is 0 Å². The van der Waals surface area contributed by atoms with Crippen LogP contribution in [0.15, 0.2) is 71.1 Å². The molecule has 1 heterocycles. The Morgan fingerprint density at radius 3 is 2.52 bits per heavy atom. The first kappa shape index (κ1) is 22.1. The topological polar surface area (TPSA) is 77.8 Å². The van der Waals surface area contributed by atoms with Crippen molar-refractivity contribution in [2.45, 2.75) is 32.4 Å². The number of hydrogen-bond acceptors (Lipinski definition) is 5. The maximum absolute atomic E-state index is 12.9. The molecule has 0 radical (unpaired) electrons. The minimum Gasteiger partial charge on any atom is -0.486 e. The van der Waals surface area contributed by atoms with E-state index in [2.05, 4.69) is 5.32 Å². The Balaban J connectivity index is 1.37. The average molecular weight is 425 g/mol. The Labute approximate surface area is 180 Å². The van der Waals surface area contributed by atoms with E-state index in [1.54, 1.807) is 6.07 Å². The van der Waals surface area contributed by atoms with E-state index in [0.29, 0.717) is 11.5 Å². The van der Waals surface area contributed by atoms with Gasteiger partial charge < -0.3 is 19.2 Å². The Hall–Kier alpha value is -3.61. The van der Waals surface area contributed by atoms with Crippen LogP contribution in [0.4, 0.5) is 4.39 Å². The molecule has 1 amide bonds. The fourth-order valence-corrected chi connectivity index (χ4v) is 2.87. The Bertz CT molecular complexity index is 985. The van der Waals surface area contributed by atoms with Crippen LogP contribution in [0.25, 0.3) is 0 Å². The van der Waals surface area contributed by atoms with Gasteiger partial charge in [0.2, 0.25) is 5.76 Å². The first-order chi connectivity index (χ1) is 15.0. The summed E-state index contributed by atoms with van der Waals surface area (Å²) in [5, 5.41) is 2.81. The Morgan fingerprint density at radius 1 is 1.03 bits per heavy atom. The normalized spacial score (nSPS) is 11.5. The third-order valence-electron chi connectivity index (χ3n) is 4.51. The lowest BCUT2D eigenvalue weighted by atomic mass is 10.1. The van der Waals surface area contributed by atoms with Crippen LogP contribution in [-0.4, -0.2) is 24.5 Å². The summed E-state index contributed by atoms with van der Waals surface area (Å²) in [7, 11) is 0. The molecule has 0 saturated heterocycles. The lowest BCUT2D eigenvalue weighted by molar-refractivity contribution is -0.124. The zero-order valence-electron chi connectivity index (χ0n) is 17.2. The van der Waals surface area contributed by atoms with Gasteiger partial charge in [-0.3, -0.25) is 4.79 Å². The van der Waals surface area contributed by atoms with Gasteiger partial charge in [0.1, 0.15) is 23.9 Å². The summed E-state index contributed by atoms with van der Waals surface area (Å²) in [4.78, 5) is 24.1. The smallest absolute Gasteiger partial charge is 0.374 e. The fraction of sp³-hybridized carbons (Fsp3) is 0.250. The summed E-state index contributed by atoms with van der Waals surface area (Å²) in [5.74, 6) is -0.622. The number of nitrogens with one attached hydrogen (secondary N) is 1. The number of carbonyl (C=O) groups is 2. The monoisotopic (exact) mass is 425 g/mol. The highest BCUT2D eigenvalue weighted by molar-refractivity contribution is 5.88. The number of amides is 1. The molecule has 3 rings (SSSR count). The van der Waals surface area contributed by atoms with E-state index in [1.165, 1.54) is 35.9 Å². The van der Waals surface area contributed by atoms with E-state index in [9.17, 15) is 14.0 Å². The van der Waals surface area contributed by atoms with Crippen LogP contribution in [-0.2, 0) is 22.6 Å². The second-order valence-electron chi connectivity index (χ2n) is 7.08. The number of benzene rings is 2. The SMILES string of the molecule is C[C@H](CCc1ccccc1)NC(=O)COC(=O)c1ccc(COc2ccc(F)cc2)o1. The van der Waals surface area contributed by atoms with Crippen molar-refractivity contribution in [2.75, 3.05) is 6.61 Å². The van der Waals surface area contributed by atoms with Crippen molar-refractivity contribution in [3.8, 4) is 5.75 Å². The number of rotatable bonds is 10. The van der Waals surface area contributed by atoms with E-state index >= 15 is 0 Å². The highest BCUT2D eigenvalue weighted by Gasteiger charge is 2.16. The molecule has 0 spiro atoms. The summed E-state index contributed by atoms with van der Waals surface area (Å²) in [6, 6.07) is 18.5. The second kappa shape index (κ2) is 11.0. The molecule has 0 saturated carbocycles. The number of carbonyl (C=O) groups excluding carboxylic acids is 2. The van der Waals surface area contributed by atoms with Crippen LogP contribution < -0.4 is 10.1 Å². The van der Waals surface area contributed by atoms with E-state index < -0.39 is 12.6 Å². The van der Waals surface area contributed by atoms with Crippen LogP contribution in [0.3, 0.4) is 0 Å². The summed E-state index contributed by atoms with van der Waals surface area (Å²) in [6.45, 7) is 1.58. The third kappa shape index (κ3) is 7.29. The van der Waals surface area contributed by atoms with Gasteiger partial charge >= 0.3 is 5.97 Å². The van der Waals surface area contributed by atoms with Crippen LogP contribution in [0, 0.1) is 5.82 Å². The van der Waals surface area contributed by atoms with Crippen LogP contribution in [0.1, 0.15) is 35.2 Å². The number of ether oxygens (including phenoxy) is 2. The summed E-state index contributed by atoms with van der Waals surface area (Å²) >= 11 is 0. The molecule has 31 heavy (non-hydrogen) atoms. The first-order valence-corrected chi connectivity index (χ1v) is 9.97. The number of aryl methyl sites for hydroxylation is 1. The minimum atomic E-state index is -0.736. The van der Waals surface area contributed by atoms with Gasteiger partial charge in [0, 0.05) is 6.04 Å². The molecule has 7 heteroatoms. The van der Waals surface area contributed by atoms with Crippen molar-refractivity contribution in [3.05, 3.63) is 89.6 Å². The van der Waals surface area contributed by atoms with Crippen molar-refractivity contribution in [1.82, 2.24) is 5.32 Å². The van der Waals surface area contributed by atoms with Crippen molar-refractivity contribution in [1.29, 1.82) is 0 Å². The number of hydrogen-bond donors (Lipinski definition) is 1. The van der Waals surface area contributed by atoms with E-state index in [0.717, 1.165) is 12.8 Å². The summed E-state index contributed by atoms with van der Waals surface area (Å²) in [6.07, 6.45) is 1.62. The maximum atomic E-state index is 12.9. The fourth-order valence-electron chi connectivity index (χ4n) is 2.87. The predicted molar refractivity (Wildman–Crippen MR) is 112 cm³/mol. The number of halogens is 1. The molecule has 0 aliphatic heterocycles. The molecule has 0 fully saturated rings. The Kier molecular flexibility index (Phi) is 7.81. The molecular weight excluding hydrogens is 401 g/mol. The van der Waals surface area contributed by atoms with E-state index in [4.69, 9.17) is 13.9 Å². The van der Waals surface area contributed by atoms with Crippen molar-refractivity contribution in [2.24, 2.45) is 0 Å². The van der Waals surface area contributed by atoms with Gasteiger partial charge in [-0.25, -0.2) is 9.18 Å². The van der Waals surface area contributed by atoms with Gasteiger partial charge in [0.15, 0.2) is 6.61 Å². The summed E-state index contributed by atoms with van der Waals surface area (Å²) < 4.78 is 28.8. The van der Waals surface area contributed by atoms with Crippen LogP contribution >= 0.6 is 0 Å². The summed E-state index contributed by atoms with van der Waals surface area (Å²) in [5.41, 5.74) is 1.20. The van der Waals surface area contributed by atoms with Gasteiger partial charge in [-0.15, -0.1) is 0 Å². The first-order valence-electron chi connectivity index (χ1n) is 9.97. The molecule has 1 atom stereocenters. The molecule has 6 nitrogen and oxygen atoms in total. The highest BCUT2D eigenvalue weighted by atomic mass is 19.1. The number of furan rings is 1. The van der Waals surface area contributed by atoms with Crippen molar-refractivity contribution >= 4 is 11.9 Å². The predicted octanol–water partition coefficient (Wildman–Crippen LogP) is 4.29. The molecule has 0 aliphatic carbocycles. The highest BCUT2D eigenvalue weighted by Crippen LogP contribution is 2.15. The zero-order chi connectivity index (χ0) is 22.1. The van der Waals surface area contributed by atoms with Gasteiger partial charge in [0.25, 0.3) is 5.91 Å². The minimum absolute atomic E-state index is 0.0253. The molecule has 162 valence electrons. The Morgan fingerprint density at radius 2 is 1.77 bits per heavy atom. The quantitative estimate of drug-likeness (QED) is 0.490. The molecule has 2 aromatic carbocycles. The van der Waals surface area contributed by atoms with Crippen molar-refractivity contribution < 1.29 is 27.9 Å². The second-order valence-corrected chi connectivity index (χ2v) is 7.08. The molecule has 1 aromatic heterocycles. The lowest BCUT2D eigenvalue weighted by Crippen LogP contribution is -2.36. The average Bonchev–Trinajstić information content (AvgIpc) is 3.26. The maximum Gasteiger partial charge on any atom is 0.374 e. The standard InChI is InChI=1S/C24H24FNO5/c1-17(7-8-18-5-3-2-4-6-18)26-23(27)16-30-24(28)22-14-13-21(31-22)15-29-20-11-9-19(25)10-12-20/h2-6,9-14,17H,7-8,15-16H2,1H3,(H,26,27)/t17-/m1/s1. The van der Waals surface area contributed by atoms with Crippen LogP contribution in [0.2, 0.25) is 0 Å². The van der Waals surface area contributed by atoms with Gasteiger partial charge in [-0.2, -0.15) is 0 Å². The third-order valence-corrected chi connectivity index (χ3v) is 4.51. The molecule has 0 unspecified atom stereocenters. The number of esters is 1. The molecular formula is C24H24FNO5. The van der Waals surface area contributed by atoms with Crippen LogP contribution in [0.5, 0.6) is 5.75 Å². The molecule has 0 bridgehead atoms. The van der Waals surface area contributed by atoms with E-state index in [-0.39, 0.29) is 30.1 Å². The molecule has 1 N–H and O–H groups in total. The van der Waals surface area contributed by atoms with E-state index in [1.807, 2.05) is 37.3 Å². The van der Waals surface area contributed by atoms with Gasteiger partial charge in [-0.1, -0.05) is 30.3 Å². The lowest BCUT2D eigenvalue weighted by Gasteiger charge is -2.13. The van der Waals surface area contributed by atoms with Gasteiger partial charge in [-0.05, 0) is 61.7 Å². The largest absolute Gasteiger partial charge is 0.486 e. The molecule has 0 aliphatic rings. The van der Waals surface area contributed by atoms with Gasteiger partial charge in [0.05, 0.1) is 0 Å². The zero-order valence-corrected chi connectivity index (χ0v) is 17.2.